The molecule has 4 nitrogen and oxygen atoms in total. The summed E-state index contributed by atoms with van der Waals surface area (Å²) in [6, 6.07) is 0. The summed E-state index contributed by atoms with van der Waals surface area (Å²) in [6.07, 6.45) is 0. The Morgan fingerprint density at radius 1 is 1.50 bits per heavy atom. The minimum Gasteiger partial charge on any atom is -0.216 e. The first kappa shape index (κ1) is 12.8. The zero-order valence-corrected chi connectivity index (χ0v) is 7.63. The molecule has 0 saturated carbocycles. The lowest BCUT2D eigenvalue weighted by Crippen LogP contribution is -2.33. The van der Waals surface area contributed by atoms with Gasteiger partial charge in [0, 0.05) is 6.54 Å². The van der Waals surface area contributed by atoms with Crippen LogP contribution in [0.2, 0.25) is 0 Å². The van der Waals surface area contributed by atoms with Crippen molar-refractivity contribution in [3.8, 4) is 0 Å². The maximum Gasteiger partial charge on any atom is 0.274 e. The third-order valence-corrected chi connectivity index (χ3v) is 1.26. The molecule has 64 valence electrons. The maximum absolute atomic E-state index is 10.2. The maximum atomic E-state index is 10.2. The van der Waals surface area contributed by atoms with Crippen LogP contribution in [0.4, 0.5) is 0 Å². The van der Waals surface area contributed by atoms with Gasteiger partial charge in [-0.2, -0.15) is 8.42 Å². The van der Waals surface area contributed by atoms with Crippen molar-refractivity contribution in [2.75, 3.05) is 6.54 Å². The summed E-state index contributed by atoms with van der Waals surface area (Å²) in [6.45, 7) is 4.20. The summed E-state index contributed by atoms with van der Waals surface area (Å²) in [7, 11) is -3.47. The average Bonchev–Trinajstić information content (AvgIpc) is 1.59. The molecule has 0 aromatic rings. The van der Waals surface area contributed by atoms with Gasteiger partial charge in [0.25, 0.3) is 10.2 Å². The third-order valence-electron chi connectivity index (χ3n) is 0.693. The molecule has 0 amide bonds. The number of nitrogens with one attached hydrogen (secondary N) is 1. The van der Waals surface area contributed by atoms with E-state index in [9.17, 15) is 8.42 Å². The van der Waals surface area contributed by atoms with Crippen molar-refractivity contribution in [3.05, 3.63) is 0 Å². The Labute approximate surface area is 67.8 Å². The summed E-state index contributed by atoms with van der Waals surface area (Å²) in [4.78, 5) is 0. The van der Waals surface area contributed by atoms with Crippen LogP contribution in [0.3, 0.4) is 0 Å². The van der Waals surface area contributed by atoms with Crippen LogP contribution in [0, 0.1) is 5.92 Å². The Morgan fingerprint density at radius 2 is 1.90 bits per heavy atom. The summed E-state index contributed by atoms with van der Waals surface area (Å²) in [5.41, 5.74) is 0. The molecule has 0 atom stereocenters. The van der Waals surface area contributed by atoms with Crippen molar-refractivity contribution < 1.29 is 8.42 Å². The SMILES string of the molecule is CC(C)CNS(N)(=O)=O.Cl. The second kappa shape index (κ2) is 4.90. The summed E-state index contributed by atoms with van der Waals surface area (Å²) < 4.78 is 22.6. The Bertz CT molecular complexity index is 166. The lowest BCUT2D eigenvalue weighted by molar-refractivity contribution is 0.561. The van der Waals surface area contributed by atoms with Crippen molar-refractivity contribution in [3.63, 3.8) is 0 Å². The molecular formula is C4H13ClN2O2S. The van der Waals surface area contributed by atoms with Crippen LogP contribution < -0.4 is 9.86 Å². The molecule has 0 aromatic heterocycles. The molecule has 0 bridgehead atoms. The van der Waals surface area contributed by atoms with Crippen molar-refractivity contribution in [1.82, 2.24) is 4.72 Å². The highest BCUT2D eigenvalue weighted by Gasteiger charge is 2.00. The van der Waals surface area contributed by atoms with Gasteiger partial charge >= 0.3 is 0 Å². The van der Waals surface area contributed by atoms with Gasteiger partial charge in [-0.25, -0.2) is 9.86 Å². The highest BCUT2D eigenvalue weighted by atomic mass is 35.5. The molecule has 0 aliphatic rings. The van der Waals surface area contributed by atoms with Gasteiger partial charge in [-0.05, 0) is 5.92 Å². The van der Waals surface area contributed by atoms with Gasteiger partial charge in [0.15, 0.2) is 0 Å². The van der Waals surface area contributed by atoms with Gasteiger partial charge in [-0.15, -0.1) is 12.4 Å². The lowest BCUT2D eigenvalue weighted by Gasteiger charge is -2.02. The fourth-order valence-corrected chi connectivity index (χ4v) is 0.848. The van der Waals surface area contributed by atoms with E-state index in [1.807, 2.05) is 13.8 Å². The van der Waals surface area contributed by atoms with E-state index < -0.39 is 10.2 Å². The fourth-order valence-electron chi connectivity index (χ4n) is 0.283. The number of halogens is 1. The van der Waals surface area contributed by atoms with Crippen molar-refractivity contribution in [2.45, 2.75) is 13.8 Å². The van der Waals surface area contributed by atoms with Crippen LogP contribution in [-0.4, -0.2) is 15.0 Å². The third kappa shape index (κ3) is 11.0. The fraction of sp³-hybridized carbons (Fsp3) is 1.00. The van der Waals surface area contributed by atoms with Crippen molar-refractivity contribution >= 4 is 22.6 Å². The molecule has 0 unspecified atom stereocenters. The van der Waals surface area contributed by atoms with Gasteiger partial charge < -0.3 is 0 Å². The first-order valence-electron chi connectivity index (χ1n) is 2.69. The number of rotatable bonds is 3. The Hall–Kier alpha value is 0.160. The molecule has 0 aliphatic heterocycles. The molecule has 0 heterocycles. The Morgan fingerprint density at radius 3 is 2.00 bits per heavy atom. The smallest absolute Gasteiger partial charge is 0.216 e. The second-order valence-electron chi connectivity index (χ2n) is 2.29. The molecule has 0 fully saturated rings. The first-order valence-corrected chi connectivity index (χ1v) is 4.24. The van der Waals surface area contributed by atoms with Crippen LogP contribution in [0.15, 0.2) is 0 Å². The highest BCUT2D eigenvalue weighted by molar-refractivity contribution is 7.87. The Balaban J connectivity index is 0. The van der Waals surface area contributed by atoms with E-state index in [1.165, 1.54) is 0 Å². The molecule has 0 aromatic carbocycles. The molecule has 10 heavy (non-hydrogen) atoms. The summed E-state index contributed by atoms with van der Waals surface area (Å²) in [5.74, 6) is 0.295. The van der Waals surface area contributed by atoms with E-state index in [2.05, 4.69) is 9.86 Å². The predicted molar refractivity (Wildman–Crippen MR) is 43.2 cm³/mol. The normalized spacial score (nSPS) is 11.2. The highest BCUT2D eigenvalue weighted by Crippen LogP contribution is 1.86. The van der Waals surface area contributed by atoms with E-state index >= 15 is 0 Å². The molecule has 0 spiro atoms. The monoisotopic (exact) mass is 188 g/mol. The number of hydrogen-bond donors (Lipinski definition) is 2. The topological polar surface area (TPSA) is 72.2 Å². The van der Waals surface area contributed by atoms with E-state index in [0.717, 1.165) is 0 Å². The zero-order chi connectivity index (χ0) is 7.49. The van der Waals surface area contributed by atoms with E-state index in [1.54, 1.807) is 0 Å². The van der Waals surface area contributed by atoms with Gasteiger partial charge in [0.05, 0.1) is 0 Å². The molecule has 0 aliphatic carbocycles. The van der Waals surface area contributed by atoms with Crippen LogP contribution in [0.25, 0.3) is 0 Å². The zero-order valence-electron chi connectivity index (χ0n) is 5.99. The van der Waals surface area contributed by atoms with Crippen molar-refractivity contribution in [1.29, 1.82) is 0 Å². The summed E-state index contributed by atoms with van der Waals surface area (Å²) >= 11 is 0. The summed E-state index contributed by atoms with van der Waals surface area (Å²) in [5, 5.41) is 4.64. The quantitative estimate of drug-likeness (QED) is 0.647. The molecule has 0 saturated heterocycles. The minimum atomic E-state index is -3.47. The van der Waals surface area contributed by atoms with Crippen LogP contribution >= 0.6 is 12.4 Å². The average molecular weight is 189 g/mol. The molecule has 0 rings (SSSR count). The molecule has 3 N–H and O–H groups in total. The van der Waals surface area contributed by atoms with E-state index in [4.69, 9.17) is 0 Å². The predicted octanol–water partition coefficient (Wildman–Crippen LogP) is -0.143. The molecule has 6 heteroatoms. The first-order chi connectivity index (χ1) is 3.92. The van der Waals surface area contributed by atoms with E-state index in [-0.39, 0.29) is 12.4 Å². The standard InChI is InChI=1S/C4H12N2O2S.ClH/c1-4(2)3-6-9(5,7)8;/h4,6H,3H2,1-2H3,(H2,5,7,8);1H. The van der Waals surface area contributed by atoms with Crippen LogP contribution in [0.1, 0.15) is 13.8 Å². The number of hydrogen-bond acceptors (Lipinski definition) is 2. The van der Waals surface area contributed by atoms with Gasteiger partial charge in [-0.1, -0.05) is 13.8 Å². The van der Waals surface area contributed by atoms with Gasteiger partial charge in [0.1, 0.15) is 0 Å². The minimum absolute atomic E-state index is 0. The van der Waals surface area contributed by atoms with Gasteiger partial charge in [0.2, 0.25) is 0 Å². The van der Waals surface area contributed by atoms with Crippen LogP contribution in [-0.2, 0) is 10.2 Å². The second-order valence-corrected chi connectivity index (χ2v) is 3.67. The van der Waals surface area contributed by atoms with E-state index in [0.29, 0.717) is 12.5 Å². The van der Waals surface area contributed by atoms with Crippen molar-refractivity contribution in [2.24, 2.45) is 11.1 Å². The Kier molecular flexibility index (Phi) is 6.27. The number of nitrogens with two attached hydrogens (primary N) is 1. The van der Waals surface area contributed by atoms with Gasteiger partial charge in [-0.3, -0.25) is 0 Å². The largest absolute Gasteiger partial charge is 0.274 e. The van der Waals surface area contributed by atoms with Crippen LogP contribution in [0.5, 0.6) is 0 Å². The lowest BCUT2D eigenvalue weighted by atomic mass is 10.2. The molecular weight excluding hydrogens is 176 g/mol. The molecule has 0 radical (unpaired) electrons.